The number of benzene rings is 2. The number of hydrogen-bond acceptors (Lipinski definition) is 5. The Morgan fingerprint density at radius 2 is 1.74 bits per heavy atom. The minimum absolute atomic E-state index is 0.0238. The topological polar surface area (TPSA) is 85.3 Å². The van der Waals surface area contributed by atoms with Gasteiger partial charge in [0.25, 0.3) is 5.91 Å². The molecule has 2 aromatic rings. The molecule has 2 aromatic carbocycles. The maximum absolute atomic E-state index is 12.4. The van der Waals surface area contributed by atoms with E-state index in [1.165, 1.54) is 12.1 Å². The van der Waals surface area contributed by atoms with E-state index in [9.17, 15) is 14.7 Å². The molecular weight excluding hydrogens is 486 g/mol. The highest BCUT2D eigenvalue weighted by molar-refractivity contribution is 6.74. The number of likely N-dealkylation sites (tertiary alicyclic amines) is 1. The molecule has 0 aliphatic carbocycles. The van der Waals surface area contributed by atoms with Gasteiger partial charge >= 0.3 is 5.97 Å². The van der Waals surface area contributed by atoms with E-state index in [-0.39, 0.29) is 33.4 Å². The van der Waals surface area contributed by atoms with E-state index in [0.717, 1.165) is 19.5 Å². The molecule has 1 aliphatic heterocycles. The molecule has 0 saturated carbocycles. The van der Waals surface area contributed by atoms with Gasteiger partial charge in [-0.3, -0.25) is 4.79 Å². The lowest BCUT2D eigenvalue weighted by molar-refractivity contribution is 0.0650. The van der Waals surface area contributed by atoms with Crippen LogP contribution in [0.25, 0.3) is 0 Å². The van der Waals surface area contributed by atoms with Crippen LogP contribution >= 0.6 is 11.6 Å². The molecule has 1 amide bonds. The van der Waals surface area contributed by atoms with Crippen molar-refractivity contribution in [2.45, 2.75) is 58.4 Å². The number of carbonyl (C=O) groups excluding carboxylic acids is 1. The third-order valence-corrected chi connectivity index (χ3v) is 11.3. The molecule has 9 heteroatoms. The van der Waals surface area contributed by atoms with Gasteiger partial charge in [0.15, 0.2) is 8.32 Å². The molecule has 0 radical (unpaired) electrons. The second kappa shape index (κ2) is 10.6. The van der Waals surface area contributed by atoms with Gasteiger partial charge in [0.2, 0.25) is 0 Å². The highest BCUT2D eigenvalue weighted by Crippen LogP contribution is 2.37. The fraction of sp³-hybridized carbons (Fsp3) is 0.462. The van der Waals surface area contributed by atoms with Crippen LogP contribution < -0.4 is 9.47 Å². The zero-order chi connectivity index (χ0) is 26.0. The van der Waals surface area contributed by atoms with Crippen LogP contribution in [0.4, 0.5) is 0 Å². The number of hydrogen-bond donors (Lipinski definition) is 1. The maximum atomic E-state index is 12.4. The van der Waals surface area contributed by atoms with E-state index in [0.29, 0.717) is 23.7 Å². The van der Waals surface area contributed by atoms with Gasteiger partial charge in [0.05, 0.1) is 17.2 Å². The number of rotatable bonds is 9. The van der Waals surface area contributed by atoms with E-state index in [1.54, 1.807) is 29.2 Å². The van der Waals surface area contributed by atoms with E-state index < -0.39 is 14.3 Å². The SMILES string of the molecule is C[C@@H](CO[Si](C)(C)C(C)(C)C)Oc1cc(Oc2ccc(C(=O)N3CCC3)cc2Cl)cc(C(=O)O)c1. The summed E-state index contributed by atoms with van der Waals surface area (Å²) in [6.45, 7) is 14.6. The van der Waals surface area contributed by atoms with Gasteiger partial charge in [-0.05, 0) is 61.8 Å². The third-order valence-electron chi connectivity index (χ3n) is 6.50. The normalized spacial score (nSPS) is 14.8. The number of ether oxygens (including phenoxy) is 2. The van der Waals surface area contributed by atoms with Gasteiger partial charge in [-0.1, -0.05) is 32.4 Å². The number of aromatic carboxylic acids is 1. The van der Waals surface area contributed by atoms with Crippen molar-refractivity contribution in [1.82, 2.24) is 4.90 Å². The molecule has 7 nitrogen and oxygen atoms in total. The third kappa shape index (κ3) is 6.77. The van der Waals surface area contributed by atoms with E-state index in [2.05, 4.69) is 33.9 Å². The summed E-state index contributed by atoms with van der Waals surface area (Å²) >= 11 is 6.38. The number of nitrogens with zero attached hydrogens (tertiary/aromatic N) is 1. The molecule has 1 saturated heterocycles. The maximum Gasteiger partial charge on any atom is 0.335 e. The summed E-state index contributed by atoms with van der Waals surface area (Å²) in [5.74, 6) is -0.239. The first-order valence-electron chi connectivity index (χ1n) is 11.7. The molecule has 0 unspecified atom stereocenters. The summed E-state index contributed by atoms with van der Waals surface area (Å²) in [5, 5.41) is 9.90. The van der Waals surface area contributed by atoms with Gasteiger partial charge in [-0.2, -0.15) is 0 Å². The minimum atomic E-state index is -1.94. The Kier molecular flexibility index (Phi) is 8.19. The van der Waals surface area contributed by atoms with Crippen LogP contribution in [0.3, 0.4) is 0 Å². The van der Waals surface area contributed by atoms with Crippen molar-refractivity contribution in [2.24, 2.45) is 0 Å². The van der Waals surface area contributed by atoms with Gasteiger partial charge in [0.1, 0.15) is 23.4 Å². The van der Waals surface area contributed by atoms with Gasteiger partial charge < -0.3 is 23.9 Å². The Bertz CT molecular complexity index is 1090. The molecule has 1 N–H and O–H groups in total. The first-order chi connectivity index (χ1) is 16.3. The molecule has 0 bridgehead atoms. The smallest absolute Gasteiger partial charge is 0.335 e. The van der Waals surface area contributed by atoms with Crippen molar-refractivity contribution < 1.29 is 28.6 Å². The fourth-order valence-corrected chi connectivity index (χ4v) is 4.48. The fourth-order valence-electron chi connectivity index (χ4n) is 3.18. The van der Waals surface area contributed by atoms with Crippen molar-refractivity contribution >= 4 is 31.8 Å². The van der Waals surface area contributed by atoms with Crippen molar-refractivity contribution in [3.63, 3.8) is 0 Å². The molecular formula is C26H34ClNO6Si. The second-order valence-electron chi connectivity index (χ2n) is 10.4. The van der Waals surface area contributed by atoms with Crippen molar-refractivity contribution in [3.8, 4) is 17.2 Å². The number of halogens is 1. The lowest BCUT2D eigenvalue weighted by Crippen LogP contribution is -2.43. The summed E-state index contributed by atoms with van der Waals surface area (Å²) < 4.78 is 18.1. The molecule has 0 aromatic heterocycles. The molecule has 1 atom stereocenters. The number of amides is 1. The zero-order valence-corrected chi connectivity index (χ0v) is 22.9. The molecule has 3 rings (SSSR count). The van der Waals surface area contributed by atoms with Crippen LogP contribution in [0.15, 0.2) is 36.4 Å². The predicted molar refractivity (Wildman–Crippen MR) is 139 cm³/mol. The Labute approximate surface area is 213 Å². The largest absolute Gasteiger partial charge is 0.488 e. The number of carbonyl (C=O) groups is 2. The zero-order valence-electron chi connectivity index (χ0n) is 21.2. The summed E-state index contributed by atoms with van der Waals surface area (Å²) in [6.07, 6.45) is 0.711. The first-order valence-corrected chi connectivity index (χ1v) is 15.0. The predicted octanol–water partition coefficient (Wildman–Crippen LogP) is 6.47. The van der Waals surface area contributed by atoms with E-state index in [1.807, 2.05) is 6.92 Å². The monoisotopic (exact) mass is 519 g/mol. The van der Waals surface area contributed by atoms with Crippen molar-refractivity contribution in [1.29, 1.82) is 0 Å². The summed E-state index contributed by atoms with van der Waals surface area (Å²) in [5.41, 5.74) is 0.511. The van der Waals surface area contributed by atoms with Gasteiger partial charge in [0, 0.05) is 24.7 Å². The number of carboxylic acid groups (broad SMARTS) is 1. The van der Waals surface area contributed by atoms with E-state index in [4.69, 9.17) is 25.5 Å². The molecule has 1 fully saturated rings. The summed E-state index contributed by atoms with van der Waals surface area (Å²) in [6, 6.07) is 9.30. The number of carboxylic acids is 1. The molecule has 35 heavy (non-hydrogen) atoms. The average Bonchev–Trinajstić information content (AvgIpc) is 2.71. The van der Waals surface area contributed by atoms with Crippen LogP contribution in [0, 0.1) is 0 Å². The quantitative estimate of drug-likeness (QED) is 0.382. The van der Waals surface area contributed by atoms with Crippen LogP contribution in [-0.2, 0) is 4.43 Å². The van der Waals surface area contributed by atoms with Crippen molar-refractivity contribution in [3.05, 3.63) is 52.5 Å². The Morgan fingerprint density at radius 3 is 2.29 bits per heavy atom. The molecule has 0 spiro atoms. The van der Waals surface area contributed by atoms with Crippen molar-refractivity contribution in [2.75, 3.05) is 19.7 Å². The molecule has 1 heterocycles. The first kappa shape index (κ1) is 27.0. The lowest BCUT2D eigenvalue weighted by atomic mass is 10.1. The highest BCUT2D eigenvalue weighted by atomic mass is 35.5. The molecule has 190 valence electrons. The highest BCUT2D eigenvalue weighted by Gasteiger charge is 2.37. The Balaban J connectivity index is 1.74. The standard InChI is InChI=1S/C26H34ClNO6Si/c1-17(16-32-35(5,6)26(2,3)4)33-20-12-19(25(30)31)13-21(15-20)34-23-9-8-18(14-22(23)27)24(29)28-10-7-11-28/h8-9,12-15,17H,7,10-11,16H2,1-6H3,(H,30,31)/t17-/m0/s1. The Morgan fingerprint density at radius 1 is 1.09 bits per heavy atom. The van der Waals surface area contributed by atoms with E-state index >= 15 is 0 Å². The van der Waals surface area contributed by atoms with Gasteiger partial charge in [-0.25, -0.2) is 4.79 Å². The Hall–Kier alpha value is -2.55. The van der Waals surface area contributed by atoms with Crippen LogP contribution in [0.2, 0.25) is 23.2 Å². The second-order valence-corrected chi connectivity index (χ2v) is 15.6. The van der Waals surface area contributed by atoms with Crippen LogP contribution in [-0.4, -0.2) is 56.0 Å². The lowest BCUT2D eigenvalue weighted by Gasteiger charge is -2.36. The summed E-state index contributed by atoms with van der Waals surface area (Å²) in [4.78, 5) is 25.9. The van der Waals surface area contributed by atoms with Crippen LogP contribution in [0.1, 0.15) is 54.8 Å². The molecule has 1 aliphatic rings. The van der Waals surface area contributed by atoms with Gasteiger partial charge in [-0.15, -0.1) is 0 Å². The average molecular weight is 520 g/mol. The summed E-state index contributed by atoms with van der Waals surface area (Å²) in [7, 11) is -1.94. The minimum Gasteiger partial charge on any atom is -0.488 e. The van der Waals surface area contributed by atoms with Crippen LogP contribution in [0.5, 0.6) is 17.2 Å².